The topological polar surface area (TPSA) is 93.2 Å². The molecule has 3 saturated heterocycles. The maximum atomic E-state index is 12.8. The van der Waals surface area contributed by atoms with Crippen LogP contribution in [0.2, 0.25) is 0 Å². The number of ether oxygens (including phenoxy) is 1. The molecule has 3 aromatic rings. The first kappa shape index (κ1) is 24.0. The molecule has 0 spiro atoms. The van der Waals surface area contributed by atoms with Crippen molar-refractivity contribution < 1.29 is 14.6 Å². The summed E-state index contributed by atoms with van der Waals surface area (Å²) in [5.41, 5.74) is 4.84. The van der Waals surface area contributed by atoms with Crippen LogP contribution in [0.5, 0.6) is 5.88 Å². The number of hydrogen-bond donors (Lipinski definition) is 3. The number of likely N-dealkylation sites (N-methyl/N-ethyl adjacent to an activating group) is 1. The molecule has 1 aromatic heterocycles. The smallest absolute Gasteiger partial charge is 0.251 e. The summed E-state index contributed by atoms with van der Waals surface area (Å²) >= 11 is 0. The highest BCUT2D eigenvalue weighted by Gasteiger charge is 2.41. The number of hydrogen-bond acceptors (Lipinski definition) is 6. The van der Waals surface area contributed by atoms with Gasteiger partial charge in [-0.15, -0.1) is 0 Å². The van der Waals surface area contributed by atoms with Gasteiger partial charge in [0.05, 0.1) is 23.1 Å². The van der Waals surface area contributed by atoms with Crippen molar-refractivity contribution in [2.75, 3.05) is 38.2 Å². The Labute approximate surface area is 217 Å². The number of nitrogens with one attached hydrogen (secondary N) is 2. The van der Waals surface area contributed by atoms with Crippen LogP contribution in [0.15, 0.2) is 47.5 Å². The number of fused-ring (bicyclic) bond motifs is 3. The van der Waals surface area contributed by atoms with Gasteiger partial charge in [-0.2, -0.15) is 0 Å². The Kier molecular flexibility index (Phi) is 6.38. The molecule has 8 heteroatoms. The number of rotatable bonds is 7. The Morgan fingerprint density at radius 1 is 1.19 bits per heavy atom. The quantitative estimate of drug-likeness (QED) is 0.422. The van der Waals surface area contributed by atoms with E-state index in [0.29, 0.717) is 36.2 Å². The van der Waals surface area contributed by atoms with Gasteiger partial charge in [0.25, 0.3) is 5.91 Å². The molecule has 4 heterocycles. The summed E-state index contributed by atoms with van der Waals surface area (Å²) in [4.78, 5) is 25.8. The maximum absolute atomic E-state index is 12.8. The standard InChI is InChI=1S/C29H35N5O3/c1-3-25(31-19-7-9-20(10-8-19)34-17-21-14-22(34)16-33(21)2)27-24-13-18(6-11-26(24)32-29(27)36)28(35)30-15-23-5-4-12-37-23/h6-11,13,21-23,32,36H,3-5,12,14-17H2,1-2H3,(H,30,35)/t21?,22?,23-/m1/s1. The van der Waals surface area contributed by atoms with Crippen LogP contribution in [-0.2, 0) is 4.74 Å². The van der Waals surface area contributed by atoms with Crippen LogP contribution in [0.1, 0.15) is 48.5 Å². The van der Waals surface area contributed by atoms with E-state index in [4.69, 9.17) is 9.73 Å². The normalized spacial score (nSPS) is 23.9. The number of nitrogens with zero attached hydrogens (tertiary/aromatic N) is 3. The molecule has 8 nitrogen and oxygen atoms in total. The third kappa shape index (κ3) is 4.60. The molecular formula is C29H35N5O3. The molecule has 2 aromatic carbocycles. The minimum absolute atomic E-state index is 0.0707. The number of aromatic hydroxyl groups is 1. The van der Waals surface area contributed by atoms with Crippen LogP contribution in [0.25, 0.3) is 10.9 Å². The largest absolute Gasteiger partial charge is 0.494 e. The van der Waals surface area contributed by atoms with E-state index < -0.39 is 0 Å². The number of amides is 1. The van der Waals surface area contributed by atoms with Gasteiger partial charge in [-0.05, 0) is 75.2 Å². The van der Waals surface area contributed by atoms with Crippen molar-refractivity contribution in [3.05, 3.63) is 53.6 Å². The summed E-state index contributed by atoms with van der Waals surface area (Å²) < 4.78 is 5.61. The van der Waals surface area contributed by atoms with Crippen molar-refractivity contribution in [2.24, 2.45) is 4.99 Å². The van der Waals surface area contributed by atoms with Crippen molar-refractivity contribution in [1.29, 1.82) is 0 Å². The van der Waals surface area contributed by atoms with E-state index in [-0.39, 0.29) is 17.9 Å². The average molecular weight is 502 g/mol. The van der Waals surface area contributed by atoms with E-state index in [1.54, 1.807) is 6.07 Å². The minimum Gasteiger partial charge on any atom is -0.494 e. The van der Waals surface area contributed by atoms with E-state index in [1.165, 1.54) is 12.1 Å². The van der Waals surface area contributed by atoms with Crippen LogP contribution >= 0.6 is 0 Å². The molecule has 3 aliphatic rings. The molecule has 3 aliphatic heterocycles. The van der Waals surface area contributed by atoms with Crippen LogP contribution in [0, 0.1) is 0 Å². The lowest BCUT2D eigenvalue weighted by atomic mass is 10.0. The fraction of sp³-hybridized carbons (Fsp3) is 0.448. The summed E-state index contributed by atoms with van der Waals surface area (Å²) in [6, 6.07) is 15.1. The molecule has 37 heavy (non-hydrogen) atoms. The fourth-order valence-electron chi connectivity index (χ4n) is 6.09. The third-order valence-electron chi connectivity index (χ3n) is 8.14. The first-order valence-corrected chi connectivity index (χ1v) is 13.4. The SMILES string of the molecule is CCC(=Nc1ccc(N2CC3CC2CN3C)cc1)c1c(O)[nH]c2ccc(C(=O)NC[C@H]3CCCO3)cc12. The predicted molar refractivity (Wildman–Crippen MR) is 146 cm³/mol. The molecule has 0 saturated carbocycles. The van der Waals surface area contributed by atoms with E-state index in [2.05, 4.69) is 51.4 Å². The van der Waals surface area contributed by atoms with Gasteiger partial charge < -0.3 is 25.0 Å². The van der Waals surface area contributed by atoms with Crippen molar-refractivity contribution in [1.82, 2.24) is 15.2 Å². The van der Waals surface area contributed by atoms with Crippen LogP contribution in [0.3, 0.4) is 0 Å². The third-order valence-corrected chi connectivity index (χ3v) is 8.14. The minimum atomic E-state index is -0.142. The molecular weight excluding hydrogens is 466 g/mol. The van der Waals surface area contributed by atoms with Gasteiger partial charge in [0.1, 0.15) is 0 Å². The van der Waals surface area contributed by atoms with Gasteiger partial charge >= 0.3 is 0 Å². The van der Waals surface area contributed by atoms with E-state index >= 15 is 0 Å². The molecule has 3 atom stereocenters. The van der Waals surface area contributed by atoms with Crippen molar-refractivity contribution in [3.8, 4) is 5.88 Å². The van der Waals surface area contributed by atoms with E-state index in [0.717, 1.165) is 54.8 Å². The summed E-state index contributed by atoms with van der Waals surface area (Å²) in [6.07, 6.45) is 3.98. The number of carbonyl (C=O) groups excluding carboxylic acids is 1. The Balaban J connectivity index is 1.24. The first-order valence-electron chi connectivity index (χ1n) is 13.4. The molecule has 194 valence electrons. The Bertz CT molecular complexity index is 1320. The summed E-state index contributed by atoms with van der Waals surface area (Å²) in [7, 11) is 2.22. The molecule has 6 rings (SSSR count). The number of aromatic nitrogens is 1. The lowest BCUT2D eigenvalue weighted by molar-refractivity contribution is 0.0858. The van der Waals surface area contributed by atoms with Gasteiger partial charge in [0.15, 0.2) is 5.88 Å². The fourth-order valence-corrected chi connectivity index (χ4v) is 6.09. The zero-order valence-electron chi connectivity index (χ0n) is 21.5. The average Bonchev–Trinajstić information content (AvgIpc) is 3.70. The van der Waals surface area contributed by atoms with Crippen LogP contribution in [-0.4, -0.2) is 78.1 Å². The van der Waals surface area contributed by atoms with Crippen molar-refractivity contribution in [3.63, 3.8) is 0 Å². The molecule has 3 fully saturated rings. The van der Waals surface area contributed by atoms with Gasteiger partial charge in [-0.25, -0.2) is 0 Å². The van der Waals surface area contributed by atoms with Crippen LogP contribution < -0.4 is 10.2 Å². The number of carbonyl (C=O) groups is 1. The van der Waals surface area contributed by atoms with Gasteiger partial charge in [0.2, 0.25) is 0 Å². The second-order valence-electron chi connectivity index (χ2n) is 10.5. The van der Waals surface area contributed by atoms with E-state index in [1.807, 2.05) is 19.1 Å². The van der Waals surface area contributed by atoms with Gasteiger partial charge in [0, 0.05) is 60.5 Å². The van der Waals surface area contributed by atoms with Crippen molar-refractivity contribution in [2.45, 2.75) is 50.8 Å². The number of benzene rings is 2. The first-order chi connectivity index (χ1) is 18.0. The highest BCUT2D eigenvalue weighted by Crippen LogP contribution is 2.35. The Hall–Kier alpha value is -3.36. The number of aromatic amines is 1. The number of piperazine rings is 1. The monoisotopic (exact) mass is 501 g/mol. The number of aliphatic imine (C=N–C) groups is 1. The molecule has 2 bridgehead atoms. The highest BCUT2D eigenvalue weighted by atomic mass is 16.5. The van der Waals surface area contributed by atoms with E-state index in [9.17, 15) is 9.90 Å². The summed E-state index contributed by atoms with van der Waals surface area (Å²) in [6.45, 7) is 5.50. The number of anilines is 1. The second-order valence-corrected chi connectivity index (χ2v) is 10.5. The van der Waals surface area contributed by atoms with Crippen molar-refractivity contribution >= 4 is 33.9 Å². The molecule has 0 radical (unpaired) electrons. The zero-order chi connectivity index (χ0) is 25.5. The number of H-pyrrole nitrogens is 1. The second kappa shape index (κ2) is 9.84. The number of likely N-dealkylation sites (tertiary alicyclic amines) is 1. The molecule has 2 unspecified atom stereocenters. The van der Waals surface area contributed by atoms with Gasteiger partial charge in [-0.3, -0.25) is 14.7 Å². The lowest BCUT2D eigenvalue weighted by Gasteiger charge is -2.33. The zero-order valence-corrected chi connectivity index (χ0v) is 21.5. The highest BCUT2D eigenvalue weighted by molar-refractivity contribution is 6.14. The Morgan fingerprint density at radius 2 is 2.03 bits per heavy atom. The Morgan fingerprint density at radius 3 is 2.70 bits per heavy atom. The molecule has 1 amide bonds. The van der Waals surface area contributed by atoms with Gasteiger partial charge in [-0.1, -0.05) is 6.92 Å². The van der Waals surface area contributed by atoms with Crippen LogP contribution in [0.4, 0.5) is 11.4 Å². The maximum Gasteiger partial charge on any atom is 0.251 e. The summed E-state index contributed by atoms with van der Waals surface area (Å²) in [5.74, 6) is -0.0715. The molecule has 3 N–H and O–H groups in total. The summed E-state index contributed by atoms with van der Waals surface area (Å²) in [5, 5.41) is 14.6. The lowest BCUT2D eigenvalue weighted by Crippen LogP contribution is -2.44. The molecule has 0 aliphatic carbocycles. The predicted octanol–water partition coefficient (Wildman–Crippen LogP) is 4.21.